The van der Waals surface area contributed by atoms with Gasteiger partial charge in [0.2, 0.25) is 0 Å². The first kappa shape index (κ1) is 26.3. The average Bonchev–Trinajstić information content (AvgIpc) is 3.16. The highest BCUT2D eigenvalue weighted by atomic mass is 35.5. The summed E-state index contributed by atoms with van der Waals surface area (Å²) in [7, 11) is 1.54. The molecule has 0 aliphatic carbocycles. The van der Waals surface area contributed by atoms with Gasteiger partial charge in [-0.25, -0.2) is 4.84 Å². The fourth-order valence-corrected chi connectivity index (χ4v) is 4.09. The van der Waals surface area contributed by atoms with Gasteiger partial charge in [-0.2, -0.15) is 0 Å². The molecule has 0 aliphatic heterocycles. The van der Waals surface area contributed by atoms with Crippen molar-refractivity contribution in [2.75, 3.05) is 7.11 Å². The predicted molar refractivity (Wildman–Crippen MR) is 132 cm³/mol. The lowest BCUT2D eigenvalue weighted by Crippen LogP contribution is -2.15. The molecule has 2 N–H and O–H groups in total. The van der Waals surface area contributed by atoms with E-state index in [-0.39, 0.29) is 25.5 Å². The molecule has 4 aromatic rings. The van der Waals surface area contributed by atoms with Gasteiger partial charge in [0.15, 0.2) is 0 Å². The summed E-state index contributed by atoms with van der Waals surface area (Å²) in [6.45, 7) is 1.50. The molecule has 2 aromatic heterocycles. The largest absolute Gasteiger partial charge is 0.497 e. The van der Waals surface area contributed by atoms with Crippen molar-refractivity contribution in [1.29, 1.82) is 0 Å². The van der Waals surface area contributed by atoms with Crippen LogP contribution in [0.4, 0.5) is 0 Å². The van der Waals surface area contributed by atoms with E-state index in [1.165, 1.54) is 0 Å². The minimum Gasteiger partial charge on any atom is -0.497 e. The smallest absolute Gasteiger partial charge is 0.310 e. The van der Waals surface area contributed by atoms with Gasteiger partial charge in [-0.1, -0.05) is 17.7 Å². The van der Waals surface area contributed by atoms with Crippen LogP contribution in [0.5, 0.6) is 5.75 Å². The van der Waals surface area contributed by atoms with Gasteiger partial charge >= 0.3 is 5.97 Å². The Morgan fingerprint density at radius 2 is 1.73 bits per heavy atom. The van der Waals surface area contributed by atoms with Crippen molar-refractivity contribution in [3.8, 4) is 5.75 Å². The van der Waals surface area contributed by atoms with E-state index in [9.17, 15) is 9.59 Å². The summed E-state index contributed by atoms with van der Waals surface area (Å²) in [5.74, 6) is -0.175. The van der Waals surface area contributed by atoms with E-state index in [4.69, 9.17) is 31.5 Å². The van der Waals surface area contributed by atoms with Crippen molar-refractivity contribution < 1.29 is 34.3 Å². The van der Waals surface area contributed by atoms with E-state index in [1.54, 1.807) is 79.3 Å². The number of hydrogen-bond acceptors (Lipinski definition) is 9. The number of carbonyl (C=O) groups is 2. The second kappa shape index (κ2) is 11.5. The molecular formula is C26H24ClN3O7. The van der Waals surface area contributed by atoms with Gasteiger partial charge in [-0.15, -0.1) is 0 Å². The molecule has 192 valence electrons. The number of nitrogens with zero attached hydrogens (tertiary/aromatic N) is 3. The lowest BCUT2D eigenvalue weighted by Gasteiger charge is -2.09. The second-order valence-corrected chi connectivity index (χ2v) is 8.51. The number of ether oxygens (including phenoxy) is 2. The average molecular weight is 526 g/mol. The third kappa shape index (κ3) is 6.13. The number of fused-ring (bicyclic) bond motifs is 1. The van der Waals surface area contributed by atoms with Crippen LogP contribution in [0.25, 0.3) is 10.9 Å². The van der Waals surface area contributed by atoms with Crippen molar-refractivity contribution >= 4 is 34.4 Å². The van der Waals surface area contributed by atoms with Crippen molar-refractivity contribution in [3.63, 3.8) is 0 Å². The molecule has 0 aliphatic rings. The number of rotatable bonds is 9. The van der Waals surface area contributed by atoms with E-state index in [1.807, 2.05) is 0 Å². The number of halogens is 1. The topological polar surface area (TPSA) is 123 Å². The normalized spacial score (nSPS) is 11.2. The molecule has 0 saturated carbocycles. The molecule has 10 nitrogen and oxygen atoms in total. The Kier molecular flexibility index (Phi) is 8.17. The van der Waals surface area contributed by atoms with Crippen LogP contribution in [0.2, 0.25) is 5.02 Å². The standard InChI is InChI=1S/C26H24ClN3O7/c1-16-22(13-25(31)36-14-19-4-3-5-20(28-19)15-37-30(33)34)23-12-21(35-2)10-11-24(23)29(16)26(32)17-6-8-18(27)9-7-17/h3-12,33-34H,13-15H2,1-2H3. The molecule has 4 rings (SSSR count). The number of pyridine rings is 1. The van der Waals surface area contributed by atoms with Crippen LogP contribution in [0.3, 0.4) is 0 Å². The summed E-state index contributed by atoms with van der Waals surface area (Å²) < 4.78 is 12.4. The summed E-state index contributed by atoms with van der Waals surface area (Å²) in [5, 5.41) is 18.2. The maximum absolute atomic E-state index is 13.4. The first-order chi connectivity index (χ1) is 17.8. The number of methoxy groups -OCH3 is 1. The van der Waals surface area contributed by atoms with Crippen molar-refractivity contribution in [2.24, 2.45) is 0 Å². The number of aromatic nitrogens is 2. The Balaban J connectivity index is 1.58. The molecule has 2 aromatic carbocycles. The fourth-order valence-electron chi connectivity index (χ4n) is 3.96. The zero-order chi connectivity index (χ0) is 26.5. The minimum atomic E-state index is -0.510. The third-order valence-corrected chi connectivity index (χ3v) is 5.98. The van der Waals surface area contributed by atoms with Gasteiger partial charge in [0.25, 0.3) is 5.91 Å². The maximum Gasteiger partial charge on any atom is 0.310 e. The third-order valence-electron chi connectivity index (χ3n) is 5.73. The van der Waals surface area contributed by atoms with Gasteiger partial charge in [-0.3, -0.25) is 29.6 Å². The number of hydrogen-bond donors (Lipinski definition) is 2. The molecule has 37 heavy (non-hydrogen) atoms. The molecular weight excluding hydrogens is 502 g/mol. The Morgan fingerprint density at radius 3 is 2.41 bits per heavy atom. The van der Waals surface area contributed by atoms with E-state index < -0.39 is 11.4 Å². The number of carbonyl (C=O) groups excluding carboxylic acids is 2. The molecule has 0 saturated heterocycles. The molecule has 0 amide bonds. The molecule has 0 radical (unpaired) electrons. The van der Waals surface area contributed by atoms with Crippen LogP contribution in [-0.2, 0) is 34.0 Å². The van der Waals surface area contributed by atoms with E-state index >= 15 is 0 Å². The Hall–Kier alpha value is -3.80. The van der Waals surface area contributed by atoms with Crippen LogP contribution in [0.1, 0.15) is 33.0 Å². The second-order valence-electron chi connectivity index (χ2n) is 8.08. The zero-order valence-electron chi connectivity index (χ0n) is 20.1. The Labute approximate surface area is 217 Å². The summed E-state index contributed by atoms with van der Waals surface area (Å²) in [4.78, 5) is 35.0. The lowest BCUT2D eigenvalue weighted by atomic mass is 10.1. The quantitative estimate of drug-likeness (QED) is 0.240. The van der Waals surface area contributed by atoms with E-state index in [2.05, 4.69) is 9.82 Å². The first-order valence-corrected chi connectivity index (χ1v) is 11.5. The van der Waals surface area contributed by atoms with Gasteiger partial charge < -0.3 is 9.47 Å². The highest BCUT2D eigenvalue weighted by Crippen LogP contribution is 2.31. The van der Waals surface area contributed by atoms with Crippen LogP contribution in [-0.4, -0.2) is 44.3 Å². The van der Waals surface area contributed by atoms with Crippen LogP contribution < -0.4 is 4.74 Å². The zero-order valence-corrected chi connectivity index (χ0v) is 20.8. The summed E-state index contributed by atoms with van der Waals surface area (Å²) in [6, 6.07) is 16.9. The summed E-state index contributed by atoms with van der Waals surface area (Å²) >= 11 is 5.98. The van der Waals surface area contributed by atoms with Crippen LogP contribution >= 0.6 is 11.6 Å². The van der Waals surface area contributed by atoms with Crippen molar-refractivity contribution in [2.45, 2.75) is 26.6 Å². The summed E-state index contributed by atoms with van der Waals surface area (Å²) in [6.07, 6.45) is -0.0802. The van der Waals surface area contributed by atoms with Crippen molar-refractivity contribution in [1.82, 2.24) is 14.9 Å². The Morgan fingerprint density at radius 1 is 1.03 bits per heavy atom. The summed E-state index contributed by atoms with van der Waals surface area (Å²) in [5.41, 5.74) is 3.20. The van der Waals surface area contributed by atoms with E-state index in [0.29, 0.717) is 49.9 Å². The maximum atomic E-state index is 13.4. The van der Waals surface area contributed by atoms with Gasteiger partial charge in [-0.05, 0) is 67.1 Å². The SMILES string of the molecule is COc1ccc2c(c1)c(CC(=O)OCc1cccc(CON(O)O)n1)c(C)n2C(=O)c1ccc(Cl)cc1. The van der Waals surface area contributed by atoms with Gasteiger partial charge in [0.1, 0.15) is 19.0 Å². The van der Waals surface area contributed by atoms with E-state index in [0.717, 1.165) is 0 Å². The molecule has 0 fully saturated rings. The van der Waals surface area contributed by atoms with Gasteiger partial charge in [0, 0.05) is 21.7 Å². The monoisotopic (exact) mass is 525 g/mol. The fraction of sp³-hybridized carbons (Fsp3) is 0.192. The minimum absolute atomic E-state index is 0.0802. The molecule has 11 heteroatoms. The lowest BCUT2D eigenvalue weighted by molar-refractivity contribution is -0.497. The van der Waals surface area contributed by atoms with Crippen LogP contribution in [0, 0.1) is 6.92 Å². The van der Waals surface area contributed by atoms with Crippen molar-refractivity contribution in [3.05, 3.63) is 93.9 Å². The van der Waals surface area contributed by atoms with Crippen LogP contribution in [0.15, 0.2) is 60.7 Å². The number of esters is 1. The molecule has 2 heterocycles. The molecule has 0 spiro atoms. The number of benzene rings is 2. The highest BCUT2D eigenvalue weighted by molar-refractivity contribution is 6.30. The molecule has 0 bridgehead atoms. The Bertz CT molecular complexity index is 1430. The van der Waals surface area contributed by atoms with Gasteiger partial charge in [0.05, 0.1) is 35.8 Å². The highest BCUT2D eigenvalue weighted by Gasteiger charge is 2.22. The first-order valence-electron chi connectivity index (χ1n) is 11.2. The predicted octanol–water partition coefficient (Wildman–Crippen LogP) is 4.49. The molecule has 0 atom stereocenters. The molecule has 0 unspecified atom stereocenters.